The van der Waals surface area contributed by atoms with Gasteiger partial charge in [0.25, 0.3) is 0 Å². The molecule has 0 bridgehead atoms. The molecular formula is C15H18N2O5S. The number of hydrogen-bond acceptors (Lipinski definition) is 4. The van der Waals surface area contributed by atoms with Crippen LogP contribution in [0.5, 0.6) is 0 Å². The number of carbonyl (C=O) groups excluding carboxylic acids is 1. The van der Waals surface area contributed by atoms with E-state index in [9.17, 15) is 18.0 Å². The van der Waals surface area contributed by atoms with Gasteiger partial charge < -0.3 is 10.4 Å². The van der Waals surface area contributed by atoms with E-state index in [1.807, 2.05) is 0 Å². The monoisotopic (exact) mass is 338 g/mol. The molecule has 0 radical (unpaired) electrons. The van der Waals surface area contributed by atoms with Crippen molar-refractivity contribution in [3.63, 3.8) is 0 Å². The summed E-state index contributed by atoms with van der Waals surface area (Å²) in [5.74, 6) is -2.07. The Kier molecular flexibility index (Phi) is 4.01. The van der Waals surface area contributed by atoms with Crippen molar-refractivity contribution in [3.05, 3.63) is 29.8 Å². The van der Waals surface area contributed by atoms with Crippen molar-refractivity contribution in [1.29, 1.82) is 0 Å². The van der Waals surface area contributed by atoms with Crippen LogP contribution in [-0.4, -0.2) is 37.7 Å². The van der Waals surface area contributed by atoms with Gasteiger partial charge in [-0.1, -0.05) is 12.1 Å². The summed E-state index contributed by atoms with van der Waals surface area (Å²) in [6.07, 6.45) is 0.995. The van der Waals surface area contributed by atoms with Crippen molar-refractivity contribution in [3.8, 4) is 0 Å². The van der Waals surface area contributed by atoms with Crippen LogP contribution in [0.1, 0.15) is 18.4 Å². The van der Waals surface area contributed by atoms with Crippen molar-refractivity contribution in [2.45, 2.75) is 19.4 Å². The number of carboxylic acids is 1. The maximum absolute atomic E-state index is 11.9. The Hall–Kier alpha value is -2.09. The van der Waals surface area contributed by atoms with Gasteiger partial charge in [-0.2, -0.15) is 0 Å². The molecule has 1 saturated heterocycles. The number of benzene rings is 1. The van der Waals surface area contributed by atoms with Crippen LogP contribution in [0.15, 0.2) is 24.3 Å². The van der Waals surface area contributed by atoms with E-state index in [1.54, 1.807) is 24.3 Å². The Morgan fingerprint density at radius 1 is 1.30 bits per heavy atom. The zero-order valence-corrected chi connectivity index (χ0v) is 13.3. The largest absolute Gasteiger partial charge is 0.481 e. The maximum Gasteiger partial charge on any atom is 0.307 e. The van der Waals surface area contributed by atoms with Crippen LogP contribution in [0.3, 0.4) is 0 Å². The summed E-state index contributed by atoms with van der Waals surface area (Å²) in [6.45, 7) is 0.726. The quantitative estimate of drug-likeness (QED) is 0.816. The van der Waals surface area contributed by atoms with Crippen LogP contribution in [0.2, 0.25) is 0 Å². The van der Waals surface area contributed by atoms with Crippen LogP contribution in [-0.2, 0) is 26.2 Å². The van der Waals surface area contributed by atoms with Crippen LogP contribution < -0.4 is 9.62 Å². The van der Waals surface area contributed by atoms with E-state index in [0.29, 0.717) is 25.1 Å². The Balaban J connectivity index is 1.62. The predicted octanol–water partition coefficient (Wildman–Crippen LogP) is 0.563. The SMILES string of the molecule is O=C(O)C1CC1C(=O)NCc1cccc(N2CCCS2(=O)=O)c1. The molecule has 23 heavy (non-hydrogen) atoms. The molecular weight excluding hydrogens is 320 g/mol. The number of carbonyl (C=O) groups is 2. The molecule has 2 N–H and O–H groups in total. The first-order valence-electron chi connectivity index (χ1n) is 7.48. The zero-order valence-electron chi connectivity index (χ0n) is 12.4. The molecule has 1 aromatic rings. The Bertz CT molecular complexity index is 746. The summed E-state index contributed by atoms with van der Waals surface area (Å²) >= 11 is 0. The van der Waals surface area contributed by atoms with E-state index in [4.69, 9.17) is 5.11 Å². The minimum Gasteiger partial charge on any atom is -0.481 e. The molecule has 0 spiro atoms. The highest BCUT2D eigenvalue weighted by atomic mass is 32.2. The van der Waals surface area contributed by atoms with Crippen molar-refractivity contribution in [1.82, 2.24) is 5.32 Å². The first kappa shape index (κ1) is 15.8. The van der Waals surface area contributed by atoms with E-state index < -0.39 is 27.8 Å². The molecule has 3 rings (SSSR count). The van der Waals surface area contributed by atoms with Gasteiger partial charge in [-0.3, -0.25) is 13.9 Å². The third-order valence-corrected chi connectivity index (χ3v) is 6.08. The Morgan fingerprint density at radius 3 is 2.70 bits per heavy atom. The second kappa shape index (κ2) is 5.84. The van der Waals surface area contributed by atoms with Crippen LogP contribution in [0.25, 0.3) is 0 Å². The summed E-state index contributed by atoms with van der Waals surface area (Å²) in [4.78, 5) is 22.6. The van der Waals surface area contributed by atoms with Gasteiger partial charge in [0.15, 0.2) is 0 Å². The molecule has 2 fully saturated rings. The molecule has 124 valence electrons. The summed E-state index contributed by atoms with van der Waals surface area (Å²) in [7, 11) is -3.23. The van der Waals surface area contributed by atoms with Gasteiger partial charge in [0, 0.05) is 13.1 Å². The maximum atomic E-state index is 11.9. The first-order valence-corrected chi connectivity index (χ1v) is 9.09. The average Bonchev–Trinajstić information content (AvgIpc) is 3.23. The van der Waals surface area contributed by atoms with Gasteiger partial charge in [-0.05, 0) is 30.5 Å². The number of carboxylic acid groups (broad SMARTS) is 1. The minimum absolute atomic E-state index is 0.159. The number of aliphatic carboxylic acids is 1. The lowest BCUT2D eigenvalue weighted by molar-refractivity contribution is -0.140. The molecule has 1 aromatic carbocycles. The highest BCUT2D eigenvalue weighted by Crippen LogP contribution is 2.38. The van der Waals surface area contributed by atoms with Gasteiger partial charge in [0.2, 0.25) is 15.9 Å². The van der Waals surface area contributed by atoms with Crippen LogP contribution >= 0.6 is 0 Å². The number of nitrogens with one attached hydrogen (secondary N) is 1. The number of amides is 1. The second-order valence-corrected chi connectivity index (χ2v) is 7.93. The number of nitrogens with zero attached hydrogens (tertiary/aromatic N) is 1. The molecule has 2 atom stereocenters. The third kappa shape index (κ3) is 3.31. The summed E-state index contributed by atoms with van der Waals surface area (Å²) in [6, 6.07) is 7.02. The van der Waals surface area contributed by atoms with Crippen molar-refractivity contribution < 1.29 is 23.1 Å². The molecule has 1 aliphatic heterocycles. The van der Waals surface area contributed by atoms with Crippen molar-refractivity contribution >= 4 is 27.6 Å². The van der Waals surface area contributed by atoms with E-state index in [-0.39, 0.29) is 18.2 Å². The molecule has 1 heterocycles. The van der Waals surface area contributed by atoms with Gasteiger partial charge in [-0.25, -0.2) is 8.42 Å². The molecule has 7 nitrogen and oxygen atoms in total. The fourth-order valence-corrected chi connectivity index (χ4v) is 4.39. The van der Waals surface area contributed by atoms with E-state index >= 15 is 0 Å². The zero-order chi connectivity index (χ0) is 16.6. The van der Waals surface area contributed by atoms with Crippen LogP contribution in [0.4, 0.5) is 5.69 Å². The fourth-order valence-electron chi connectivity index (χ4n) is 2.83. The molecule has 8 heteroatoms. The fraction of sp³-hybridized carbons (Fsp3) is 0.467. The van der Waals surface area contributed by atoms with E-state index in [2.05, 4.69) is 5.32 Å². The number of rotatable bonds is 5. The third-order valence-electron chi connectivity index (χ3n) is 4.21. The number of sulfonamides is 1. The second-order valence-electron chi connectivity index (χ2n) is 5.92. The lowest BCUT2D eigenvalue weighted by Gasteiger charge is -2.17. The highest BCUT2D eigenvalue weighted by Gasteiger charge is 2.48. The van der Waals surface area contributed by atoms with E-state index in [0.717, 1.165) is 5.56 Å². The highest BCUT2D eigenvalue weighted by molar-refractivity contribution is 7.93. The molecule has 1 amide bonds. The summed E-state index contributed by atoms with van der Waals surface area (Å²) in [5, 5.41) is 11.5. The van der Waals surface area contributed by atoms with Crippen molar-refractivity contribution in [2.24, 2.45) is 11.8 Å². The first-order chi connectivity index (χ1) is 10.9. The topological polar surface area (TPSA) is 104 Å². The number of anilines is 1. The van der Waals surface area contributed by atoms with Gasteiger partial charge in [0.05, 0.1) is 23.3 Å². The smallest absolute Gasteiger partial charge is 0.307 e. The average molecular weight is 338 g/mol. The van der Waals surface area contributed by atoms with Gasteiger partial charge in [-0.15, -0.1) is 0 Å². The lowest BCUT2D eigenvalue weighted by atomic mass is 10.2. The normalized spacial score (nSPS) is 25.1. The van der Waals surface area contributed by atoms with Crippen LogP contribution in [0, 0.1) is 11.8 Å². The molecule has 0 aromatic heterocycles. The molecule has 2 aliphatic rings. The van der Waals surface area contributed by atoms with Gasteiger partial charge >= 0.3 is 5.97 Å². The van der Waals surface area contributed by atoms with E-state index in [1.165, 1.54) is 4.31 Å². The summed E-state index contributed by atoms with van der Waals surface area (Å²) < 4.78 is 25.3. The molecule has 1 saturated carbocycles. The Labute approximate surface area is 134 Å². The van der Waals surface area contributed by atoms with Crippen molar-refractivity contribution in [2.75, 3.05) is 16.6 Å². The number of hydrogen-bond donors (Lipinski definition) is 2. The Morgan fingerprint density at radius 2 is 2.09 bits per heavy atom. The molecule has 1 aliphatic carbocycles. The standard InChI is InChI=1S/C15H18N2O5S/c18-14(12-8-13(12)15(19)20)16-9-10-3-1-4-11(7-10)17-5-2-6-23(17,21)22/h1,3-4,7,12-13H,2,5-6,8-9H2,(H,16,18)(H,19,20). The summed E-state index contributed by atoms with van der Waals surface area (Å²) in [5.41, 5.74) is 1.38. The molecule has 2 unspecified atom stereocenters. The van der Waals surface area contributed by atoms with Gasteiger partial charge in [0.1, 0.15) is 0 Å². The lowest BCUT2D eigenvalue weighted by Crippen LogP contribution is -2.27. The minimum atomic E-state index is -3.23. The predicted molar refractivity (Wildman–Crippen MR) is 83.3 cm³/mol.